The molecule has 0 radical (unpaired) electrons. The number of carbonyl (C=O) groups is 2. The minimum atomic E-state index is -0.272. The summed E-state index contributed by atoms with van der Waals surface area (Å²) in [4.78, 5) is 25.5. The number of Topliss-reactive ketones (excluding diaryl/α,β-unsaturated/α-hetero) is 1. The zero-order chi connectivity index (χ0) is 21.6. The molecule has 3 aromatic carbocycles. The van der Waals surface area contributed by atoms with Crippen molar-refractivity contribution < 1.29 is 14.3 Å². The summed E-state index contributed by atoms with van der Waals surface area (Å²) in [5.41, 5.74) is 3.88. The number of rotatable bonds is 7. The largest absolute Gasteiger partial charge is 0.489 e. The topological polar surface area (TPSA) is 55.4 Å². The fourth-order valence-electron chi connectivity index (χ4n) is 4.07. The van der Waals surface area contributed by atoms with Crippen LogP contribution in [0.2, 0.25) is 0 Å². The van der Waals surface area contributed by atoms with Crippen molar-refractivity contribution in [2.75, 3.05) is 0 Å². The van der Waals surface area contributed by atoms with Gasteiger partial charge < -0.3 is 10.1 Å². The Bertz CT molecular complexity index is 1050. The summed E-state index contributed by atoms with van der Waals surface area (Å²) < 4.78 is 5.90. The summed E-state index contributed by atoms with van der Waals surface area (Å²) in [7, 11) is 0. The van der Waals surface area contributed by atoms with Crippen molar-refractivity contribution in [3.63, 3.8) is 0 Å². The third kappa shape index (κ3) is 5.21. The molecule has 0 spiro atoms. The van der Waals surface area contributed by atoms with Gasteiger partial charge in [0, 0.05) is 17.9 Å². The van der Waals surface area contributed by atoms with Crippen LogP contribution < -0.4 is 10.1 Å². The van der Waals surface area contributed by atoms with Crippen LogP contribution >= 0.6 is 0 Å². The number of fused-ring (bicyclic) bond motifs is 1. The average Bonchev–Trinajstić information content (AvgIpc) is 2.81. The minimum absolute atomic E-state index is 0.0540. The number of hydrogen-bond donors (Lipinski definition) is 1. The smallest absolute Gasteiger partial charge is 0.221 e. The molecule has 3 aromatic rings. The van der Waals surface area contributed by atoms with Gasteiger partial charge >= 0.3 is 0 Å². The second kappa shape index (κ2) is 9.61. The highest BCUT2D eigenvalue weighted by Crippen LogP contribution is 2.30. The van der Waals surface area contributed by atoms with Crippen molar-refractivity contribution in [1.29, 1.82) is 0 Å². The van der Waals surface area contributed by atoms with E-state index in [1.165, 1.54) is 0 Å². The predicted molar refractivity (Wildman–Crippen MR) is 121 cm³/mol. The molecule has 1 amide bonds. The van der Waals surface area contributed by atoms with Crippen LogP contribution in [0.15, 0.2) is 78.9 Å². The van der Waals surface area contributed by atoms with E-state index in [1.807, 2.05) is 85.8 Å². The Morgan fingerprint density at radius 2 is 1.74 bits per heavy atom. The lowest BCUT2D eigenvalue weighted by atomic mass is 9.81. The first-order valence-electron chi connectivity index (χ1n) is 10.8. The highest BCUT2D eigenvalue weighted by Gasteiger charge is 2.29. The van der Waals surface area contributed by atoms with Crippen molar-refractivity contribution in [2.24, 2.45) is 5.92 Å². The number of ketones is 1. The van der Waals surface area contributed by atoms with Gasteiger partial charge in [0.1, 0.15) is 12.4 Å². The van der Waals surface area contributed by atoms with E-state index in [0.717, 1.165) is 28.9 Å². The average molecular weight is 414 g/mol. The highest BCUT2D eigenvalue weighted by atomic mass is 16.5. The van der Waals surface area contributed by atoms with Gasteiger partial charge in [-0.05, 0) is 54.7 Å². The quantitative estimate of drug-likeness (QED) is 0.573. The number of benzene rings is 3. The summed E-state index contributed by atoms with van der Waals surface area (Å²) >= 11 is 0. The normalized spacial score (nSPS) is 16.3. The molecule has 0 saturated heterocycles. The van der Waals surface area contributed by atoms with Gasteiger partial charge in [-0.25, -0.2) is 0 Å². The van der Waals surface area contributed by atoms with Crippen molar-refractivity contribution in [2.45, 2.75) is 38.8 Å². The van der Waals surface area contributed by atoms with Crippen LogP contribution in [0.4, 0.5) is 0 Å². The molecular weight excluding hydrogens is 386 g/mol. The van der Waals surface area contributed by atoms with Crippen LogP contribution in [0.1, 0.15) is 52.9 Å². The summed E-state index contributed by atoms with van der Waals surface area (Å²) in [6.07, 6.45) is 1.68. The van der Waals surface area contributed by atoms with Crippen LogP contribution in [-0.2, 0) is 17.8 Å². The van der Waals surface area contributed by atoms with Crippen LogP contribution in [0.3, 0.4) is 0 Å². The van der Waals surface area contributed by atoms with E-state index in [1.54, 1.807) is 0 Å². The second-order valence-corrected chi connectivity index (χ2v) is 8.10. The third-order valence-electron chi connectivity index (χ3n) is 5.83. The third-order valence-corrected chi connectivity index (χ3v) is 5.83. The summed E-state index contributed by atoms with van der Waals surface area (Å²) in [5.74, 6) is 0.467. The van der Waals surface area contributed by atoms with Crippen molar-refractivity contribution in [1.82, 2.24) is 5.32 Å². The number of nitrogens with one attached hydrogen (secondary N) is 1. The van der Waals surface area contributed by atoms with E-state index >= 15 is 0 Å². The van der Waals surface area contributed by atoms with Gasteiger partial charge in [-0.3, -0.25) is 9.59 Å². The zero-order valence-electron chi connectivity index (χ0n) is 17.7. The maximum Gasteiger partial charge on any atom is 0.221 e. The van der Waals surface area contributed by atoms with Crippen molar-refractivity contribution >= 4 is 11.7 Å². The molecule has 1 N–H and O–H groups in total. The summed E-state index contributed by atoms with van der Waals surface area (Å²) in [6, 6.07) is 25.4. The SMILES string of the molecule is C[C@H](NC(=O)CC1CCc2cc(OCc3ccccc3)ccc2C1=O)c1ccccc1. The first-order valence-corrected chi connectivity index (χ1v) is 10.8. The Hall–Kier alpha value is -3.40. The molecule has 1 aliphatic carbocycles. The lowest BCUT2D eigenvalue weighted by molar-refractivity contribution is -0.122. The Morgan fingerprint density at radius 1 is 1.03 bits per heavy atom. The maximum absolute atomic E-state index is 13.0. The molecule has 4 rings (SSSR count). The Labute approximate surface area is 183 Å². The predicted octanol–water partition coefficient (Wildman–Crippen LogP) is 5.28. The van der Waals surface area contributed by atoms with Crippen LogP contribution in [-0.4, -0.2) is 11.7 Å². The molecule has 158 valence electrons. The molecular formula is C27H27NO3. The van der Waals surface area contributed by atoms with Crippen molar-refractivity contribution in [3.05, 3.63) is 101 Å². The number of hydrogen-bond acceptors (Lipinski definition) is 3. The Morgan fingerprint density at radius 3 is 2.48 bits per heavy atom. The molecule has 0 aliphatic heterocycles. The monoisotopic (exact) mass is 413 g/mol. The van der Waals surface area contributed by atoms with E-state index in [-0.39, 0.29) is 30.1 Å². The van der Waals surface area contributed by atoms with Crippen LogP contribution in [0.25, 0.3) is 0 Å². The summed E-state index contributed by atoms with van der Waals surface area (Å²) in [6.45, 7) is 2.46. The van der Waals surface area contributed by atoms with Gasteiger partial charge in [-0.15, -0.1) is 0 Å². The van der Waals surface area contributed by atoms with Gasteiger partial charge in [0.2, 0.25) is 5.91 Å². The van der Waals surface area contributed by atoms with Gasteiger partial charge in [-0.2, -0.15) is 0 Å². The molecule has 4 heteroatoms. The first-order chi connectivity index (χ1) is 15.1. The lowest BCUT2D eigenvalue weighted by Crippen LogP contribution is -2.32. The number of amides is 1. The number of ether oxygens (including phenoxy) is 1. The van der Waals surface area contributed by atoms with E-state index < -0.39 is 0 Å². The molecule has 31 heavy (non-hydrogen) atoms. The Balaban J connectivity index is 1.35. The fraction of sp³-hybridized carbons (Fsp3) is 0.259. The van der Waals surface area contributed by atoms with Gasteiger partial charge in [0.25, 0.3) is 0 Å². The second-order valence-electron chi connectivity index (χ2n) is 8.10. The van der Waals surface area contributed by atoms with Crippen LogP contribution in [0, 0.1) is 5.92 Å². The maximum atomic E-state index is 13.0. The van der Waals surface area contributed by atoms with Crippen LogP contribution in [0.5, 0.6) is 5.75 Å². The van der Waals surface area contributed by atoms with Gasteiger partial charge in [0.05, 0.1) is 6.04 Å². The number of aryl methyl sites for hydroxylation is 1. The van der Waals surface area contributed by atoms with E-state index in [0.29, 0.717) is 18.6 Å². The molecule has 0 aromatic heterocycles. The van der Waals surface area contributed by atoms with Gasteiger partial charge in [-0.1, -0.05) is 60.7 Å². The first kappa shape index (κ1) is 20.9. The molecule has 0 bridgehead atoms. The van der Waals surface area contributed by atoms with E-state index in [9.17, 15) is 9.59 Å². The highest BCUT2D eigenvalue weighted by molar-refractivity contribution is 6.02. The summed E-state index contributed by atoms with van der Waals surface area (Å²) in [5, 5.41) is 3.02. The minimum Gasteiger partial charge on any atom is -0.489 e. The standard InChI is InChI=1S/C27H27NO3/c1-19(21-10-6-3-7-11-21)28-26(29)17-23-13-12-22-16-24(14-15-25(22)27(23)30)31-18-20-8-4-2-5-9-20/h2-11,14-16,19,23H,12-13,17-18H2,1H3,(H,28,29)/t19-,23?/m0/s1. The molecule has 0 saturated carbocycles. The molecule has 1 aliphatic rings. The zero-order valence-corrected chi connectivity index (χ0v) is 17.7. The molecule has 0 heterocycles. The lowest BCUT2D eigenvalue weighted by Gasteiger charge is -2.24. The fourth-order valence-corrected chi connectivity index (χ4v) is 4.07. The Kier molecular flexibility index (Phi) is 6.46. The number of carbonyl (C=O) groups excluding carboxylic acids is 2. The molecule has 0 fully saturated rings. The van der Waals surface area contributed by atoms with Crippen molar-refractivity contribution in [3.8, 4) is 5.75 Å². The molecule has 1 unspecified atom stereocenters. The molecule has 4 nitrogen and oxygen atoms in total. The molecule has 2 atom stereocenters. The van der Waals surface area contributed by atoms with E-state index in [2.05, 4.69) is 5.32 Å². The van der Waals surface area contributed by atoms with E-state index in [4.69, 9.17) is 4.74 Å². The van der Waals surface area contributed by atoms with Gasteiger partial charge in [0.15, 0.2) is 5.78 Å².